The third-order valence-corrected chi connectivity index (χ3v) is 2.44. The lowest BCUT2D eigenvalue weighted by molar-refractivity contribution is 0.174. The number of fused-ring (bicyclic) bond motifs is 1. The van der Waals surface area contributed by atoms with E-state index in [9.17, 15) is 0 Å². The van der Waals surface area contributed by atoms with Crippen LogP contribution < -0.4 is 20.5 Å². The fourth-order valence-electron chi connectivity index (χ4n) is 1.56. The van der Waals surface area contributed by atoms with Gasteiger partial charge in [-0.25, -0.2) is 0 Å². The predicted molar refractivity (Wildman–Crippen MR) is 58.0 cm³/mol. The molecule has 0 aliphatic carbocycles. The molecule has 1 aliphatic rings. The molecule has 1 aromatic carbocycles. The zero-order valence-corrected chi connectivity index (χ0v) is 8.82. The highest BCUT2D eigenvalue weighted by Crippen LogP contribution is 2.33. The van der Waals surface area contributed by atoms with Gasteiger partial charge in [-0.15, -0.1) is 0 Å². The number of nitrogens with two attached hydrogens (primary N) is 1. The van der Waals surface area contributed by atoms with Crippen molar-refractivity contribution in [2.24, 2.45) is 5.73 Å². The molecule has 15 heavy (non-hydrogen) atoms. The molecule has 0 fully saturated rings. The van der Waals surface area contributed by atoms with E-state index >= 15 is 0 Å². The molecule has 82 valence electrons. The van der Waals surface area contributed by atoms with E-state index in [0.29, 0.717) is 6.79 Å². The van der Waals surface area contributed by atoms with Crippen LogP contribution in [0.3, 0.4) is 0 Å². The average Bonchev–Trinajstić information content (AvgIpc) is 2.72. The van der Waals surface area contributed by atoms with E-state index in [-0.39, 0.29) is 6.04 Å². The number of likely N-dealkylation sites (N-methyl/N-ethyl adjacent to an activating group) is 1. The van der Waals surface area contributed by atoms with Crippen molar-refractivity contribution in [2.75, 3.05) is 19.9 Å². The van der Waals surface area contributed by atoms with E-state index in [0.717, 1.165) is 30.2 Å². The van der Waals surface area contributed by atoms with Gasteiger partial charge >= 0.3 is 0 Å². The normalized spacial score (nSPS) is 15.3. The first kappa shape index (κ1) is 10.3. The van der Waals surface area contributed by atoms with Gasteiger partial charge in [0.25, 0.3) is 0 Å². The minimum atomic E-state index is -0.000509. The zero-order valence-electron chi connectivity index (χ0n) is 8.82. The van der Waals surface area contributed by atoms with E-state index in [1.54, 1.807) is 0 Å². The zero-order chi connectivity index (χ0) is 10.7. The number of nitrogens with one attached hydrogen (secondary N) is 1. The van der Waals surface area contributed by atoms with Crippen LogP contribution in [0.15, 0.2) is 18.2 Å². The summed E-state index contributed by atoms with van der Waals surface area (Å²) in [6.07, 6.45) is 0. The molecular formula is C11H16N2O2. The number of benzene rings is 1. The van der Waals surface area contributed by atoms with Gasteiger partial charge in [0.05, 0.1) is 0 Å². The van der Waals surface area contributed by atoms with Gasteiger partial charge < -0.3 is 20.5 Å². The fourth-order valence-corrected chi connectivity index (χ4v) is 1.56. The van der Waals surface area contributed by atoms with Crippen LogP contribution in [0.25, 0.3) is 0 Å². The standard InChI is InChI=1S/C11H16N2O2/c1-2-13-6-9(12)8-3-4-10-11(5-8)15-7-14-10/h3-5,9,13H,2,6-7,12H2,1H3. The molecule has 1 aromatic rings. The average molecular weight is 208 g/mol. The van der Waals surface area contributed by atoms with Crippen molar-refractivity contribution in [3.63, 3.8) is 0 Å². The second kappa shape index (κ2) is 4.51. The van der Waals surface area contributed by atoms with Crippen LogP contribution in [0.2, 0.25) is 0 Å². The highest BCUT2D eigenvalue weighted by atomic mass is 16.7. The summed E-state index contributed by atoms with van der Waals surface area (Å²) in [7, 11) is 0. The van der Waals surface area contributed by atoms with Crippen LogP contribution in [-0.4, -0.2) is 19.9 Å². The third-order valence-electron chi connectivity index (χ3n) is 2.44. The van der Waals surface area contributed by atoms with Crippen LogP contribution in [0, 0.1) is 0 Å². The minimum absolute atomic E-state index is 0.000509. The van der Waals surface area contributed by atoms with Crippen molar-refractivity contribution >= 4 is 0 Å². The van der Waals surface area contributed by atoms with Crippen molar-refractivity contribution in [3.8, 4) is 11.5 Å². The Morgan fingerprint density at radius 1 is 1.40 bits per heavy atom. The SMILES string of the molecule is CCNCC(N)c1ccc2c(c1)OCO2. The Bertz CT molecular complexity index is 341. The molecule has 1 unspecified atom stereocenters. The van der Waals surface area contributed by atoms with Crippen molar-refractivity contribution in [1.82, 2.24) is 5.32 Å². The van der Waals surface area contributed by atoms with Gasteiger partial charge in [0.15, 0.2) is 11.5 Å². The van der Waals surface area contributed by atoms with Crippen molar-refractivity contribution in [1.29, 1.82) is 0 Å². The lowest BCUT2D eigenvalue weighted by atomic mass is 10.1. The third kappa shape index (κ3) is 2.22. The van der Waals surface area contributed by atoms with Gasteiger partial charge in [-0.05, 0) is 24.2 Å². The van der Waals surface area contributed by atoms with E-state index in [4.69, 9.17) is 15.2 Å². The molecule has 3 N–H and O–H groups in total. The maximum absolute atomic E-state index is 6.02. The molecule has 0 aromatic heterocycles. The van der Waals surface area contributed by atoms with Crippen LogP contribution in [0.4, 0.5) is 0 Å². The van der Waals surface area contributed by atoms with Crippen LogP contribution in [0.1, 0.15) is 18.5 Å². The molecule has 1 heterocycles. The van der Waals surface area contributed by atoms with Crippen LogP contribution in [-0.2, 0) is 0 Å². The Morgan fingerprint density at radius 2 is 2.20 bits per heavy atom. The van der Waals surface area contributed by atoms with Gasteiger partial charge in [-0.1, -0.05) is 13.0 Å². The smallest absolute Gasteiger partial charge is 0.231 e. The summed E-state index contributed by atoms with van der Waals surface area (Å²) >= 11 is 0. The van der Waals surface area contributed by atoms with Crippen molar-refractivity contribution < 1.29 is 9.47 Å². The predicted octanol–water partition coefficient (Wildman–Crippen LogP) is 1.02. The Kier molecular flexibility index (Phi) is 3.08. The second-order valence-electron chi connectivity index (χ2n) is 3.53. The van der Waals surface area contributed by atoms with E-state index in [1.165, 1.54) is 0 Å². The van der Waals surface area contributed by atoms with E-state index in [2.05, 4.69) is 12.2 Å². The number of hydrogen-bond donors (Lipinski definition) is 2. The van der Waals surface area contributed by atoms with Crippen LogP contribution >= 0.6 is 0 Å². The lowest BCUT2D eigenvalue weighted by Crippen LogP contribution is -2.26. The largest absolute Gasteiger partial charge is 0.454 e. The molecule has 0 bridgehead atoms. The van der Waals surface area contributed by atoms with Gasteiger partial charge in [0.1, 0.15) is 0 Å². The molecule has 0 spiro atoms. The Balaban J connectivity index is 2.08. The number of ether oxygens (including phenoxy) is 2. The molecule has 0 amide bonds. The molecule has 2 rings (SSSR count). The maximum Gasteiger partial charge on any atom is 0.231 e. The fraction of sp³-hybridized carbons (Fsp3) is 0.455. The van der Waals surface area contributed by atoms with Crippen molar-refractivity contribution in [2.45, 2.75) is 13.0 Å². The quantitative estimate of drug-likeness (QED) is 0.775. The lowest BCUT2D eigenvalue weighted by Gasteiger charge is -2.12. The van der Waals surface area contributed by atoms with Crippen molar-refractivity contribution in [3.05, 3.63) is 23.8 Å². The monoisotopic (exact) mass is 208 g/mol. The molecule has 1 aliphatic heterocycles. The number of hydrogen-bond acceptors (Lipinski definition) is 4. The minimum Gasteiger partial charge on any atom is -0.454 e. The van der Waals surface area contributed by atoms with Gasteiger partial charge in [-0.3, -0.25) is 0 Å². The Labute approximate surface area is 89.4 Å². The van der Waals surface area contributed by atoms with Gasteiger partial charge in [0.2, 0.25) is 6.79 Å². The van der Waals surface area contributed by atoms with E-state index in [1.807, 2.05) is 18.2 Å². The van der Waals surface area contributed by atoms with E-state index < -0.39 is 0 Å². The maximum atomic E-state index is 6.02. The highest BCUT2D eigenvalue weighted by molar-refractivity contribution is 5.45. The molecule has 0 radical (unpaired) electrons. The first-order valence-electron chi connectivity index (χ1n) is 5.17. The molecule has 1 atom stereocenters. The Morgan fingerprint density at radius 3 is 3.00 bits per heavy atom. The highest BCUT2D eigenvalue weighted by Gasteiger charge is 2.15. The molecular weight excluding hydrogens is 192 g/mol. The second-order valence-corrected chi connectivity index (χ2v) is 3.53. The summed E-state index contributed by atoms with van der Waals surface area (Å²) < 4.78 is 10.5. The summed E-state index contributed by atoms with van der Waals surface area (Å²) in [6, 6.07) is 5.84. The summed E-state index contributed by atoms with van der Waals surface area (Å²) in [6.45, 7) is 4.07. The first-order valence-corrected chi connectivity index (χ1v) is 5.17. The Hall–Kier alpha value is -1.26. The first-order chi connectivity index (χ1) is 7.31. The van der Waals surface area contributed by atoms with Crippen LogP contribution in [0.5, 0.6) is 11.5 Å². The molecule has 0 saturated carbocycles. The number of rotatable bonds is 4. The molecule has 4 heteroatoms. The summed E-state index contributed by atoms with van der Waals surface area (Å²) in [4.78, 5) is 0. The van der Waals surface area contributed by atoms with Gasteiger partial charge in [0, 0.05) is 12.6 Å². The summed E-state index contributed by atoms with van der Waals surface area (Å²) in [5.41, 5.74) is 7.09. The topological polar surface area (TPSA) is 56.5 Å². The molecule has 4 nitrogen and oxygen atoms in total. The summed E-state index contributed by atoms with van der Waals surface area (Å²) in [5.74, 6) is 1.59. The molecule has 0 saturated heterocycles. The van der Waals surface area contributed by atoms with Gasteiger partial charge in [-0.2, -0.15) is 0 Å². The summed E-state index contributed by atoms with van der Waals surface area (Å²) in [5, 5.41) is 3.22.